The Bertz CT molecular complexity index is 591. The summed E-state index contributed by atoms with van der Waals surface area (Å²) in [6, 6.07) is 2.79. The Balaban J connectivity index is 2.91. The van der Waals surface area contributed by atoms with Crippen LogP contribution in [-0.4, -0.2) is 47.0 Å². The van der Waals surface area contributed by atoms with Gasteiger partial charge in [0, 0.05) is 0 Å². The number of carbonyl (C=O) groups is 3. The molecule has 25 heavy (non-hydrogen) atoms. The number of hydrogen-bond acceptors (Lipinski definition) is 8. The highest BCUT2D eigenvalue weighted by atomic mass is 16.6. The van der Waals surface area contributed by atoms with Crippen LogP contribution < -0.4 is 5.32 Å². The van der Waals surface area contributed by atoms with E-state index in [1.807, 2.05) is 0 Å². The zero-order chi connectivity index (χ0) is 19.0. The Morgan fingerprint density at radius 2 is 1.60 bits per heavy atom. The predicted octanol–water partition coefficient (Wildman–Crippen LogP) is 2.03. The Morgan fingerprint density at radius 3 is 2.00 bits per heavy atom. The second-order valence-electron chi connectivity index (χ2n) is 5.91. The van der Waals surface area contributed by atoms with Crippen molar-refractivity contribution < 1.29 is 28.6 Å². The van der Waals surface area contributed by atoms with E-state index < -0.39 is 29.6 Å². The molecule has 0 saturated heterocycles. The SMILES string of the molecule is CCOC(=O)C(C(=O)OCC)c1ccc(NC(=O)OC(C)(C)C)nn1. The molecule has 0 aliphatic carbocycles. The lowest BCUT2D eigenvalue weighted by atomic mass is 10.1. The van der Waals surface area contributed by atoms with Crippen molar-refractivity contribution in [2.75, 3.05) is 18.5 Å². The topological polar surface area (TPSA) is 117 Å². The maximum absolute atomic E-state index is 12.0. The van der Waals surface area contributed by atoms with E-state index in [2.05, 4.69) is 15.5 Å². The molecule has 138 valence electrons. The van der Waals surface area contributed by atoms with Gasteiger partial charge in [0.05, 0.1) is 18.9 Å². The molecule has 9 heteroatoms. The molecule has 0 spiro atoms. The third-order valence-electron chi connectivity index (χ3n) is 2.65. The van der Waals surface area contributed by atoms with Crippen LogP contribution >= 0.6 is 0 Å². The molecule has 0 aromatic carbocycles. The molecule has 0 saturated carbocycles. The van der Waals surface area contributed by atoms with Crippen molar-refractivity contribution in [2.45, 2.75) is 46.1 Å². The zero-order valence-electron chi connectivity index (χ0n) is 15.0. The van der Waals surface area contributed by atoms with Gasteiger partial charge in [-0.25, -0.2) is 4.79 Å². The summed E-state index contributed by atoms with van der Waals surface area (Å²) in [5.74, 6) is -2.77. The number of carbonyl (C=O) groups excluding carboxylic acids is 3. The third-order valence-corrected chi connectivity index (χ3v) is 2.65. The number of nitrogens with zero attached hydrogens (tertiary/aromatic N) is 2. The number of anilines is 1. The van der Waals surface area contributed by atoms with Gasteiger partial charge in [0.2, 0.25) is 0 Å². The van der Waals surface area contributed by atoms with Gasteiger partial charge in [-0.2, -0.15) is 5.10 Å². The average Bonchev–Trinajstić information content (AvgIpc) is 2.48. The molecular formula is C16H23N3O6. The molecule has 0 aliphatic rings. The summed E-state index contributed by atoms with van der Waals surface area (Å²) in [5.41, 5.74) is -0.595. The van der Waals surface area contributed by atoms with E-state index >= 15 is 0 Å². The van der Waals surface area contributed by atoms with Crippen LogP contribution in [0.4, 0.5) is 10.6 Å². The van der Waals surface area contributed by atoms with Gasteiger partial charge in [-0.1, -0.05) is 0 Å². The minimum absolute atomic E-state index is 0.0617. The van der Waals surface area contributed by atoms with Crippen molar-refractivity contribution in [3.63, 3.8) is 0 Å². The highest BCUT2D eigenvalue weighted by molar-refractivity contribution is 6.00. The summed E-state index contributed by atoms with van der Waals surface area (Å²) in [6.45, 7) is 8.65. The van der Waals surface area contributed by atoms with Crippen LogP contribution in [0.5, 0.6) is 0 Å². The van der Waals surface area contributed by atoms with Gasteiger partial charge in [-0.3, -0.25) is 14.9 Å². The Hall–Kier alpha value is -2.71. The van der Waals surface area contributed by atoms with Crippen LogP contribution in [0.1, 0.15) is 46.2 Å². The summed E-state index contributed by atoms with van der Waals surface area (Å²) in [5, 5.41) is 10.00. The molecule has 0 bridgehead atoms. The molecule has 1 heterocycles. The fourth-order valence-electron chi connectivity index (χ4n) is 1.76. The molecule has 0 fully saturated rings. The van der Waals surface area contributed by atoms with Crippen LogP contribution in [0, 0.1) is 0 Å². The van der Waals surface area contributed by atoms with Gasteiger partial charge >= 0.3 is 18.0 Å². The molecule has 0 aliphatic heterocycles. The number of esters is 2. The number of nitrogens with one attached hydrogen (secondary N) is 1. The van der Waals surface area contributed by atoms with E-state index in [9.17, 15) is 14.4 Å². The maximum Gasteiger partial charge on any atom is 0.413 e. The van der Waals surface area contributed by atoms with Crippen molar-refractivity contribution >= 4 is 23.8 Å². The lowest BCUT2D eigenvalue weighted by Gasteiger charge is -2.19. The van der Waals surface area contributed by atoms with Gasteiger partial charge in [0.1, 0.15) is 5.60 Å². The summed E-state index contributed by atoms with van der Waals surface area (Å²) >= 11 is 0. The normalized spacial score (nSPS) is 11.0. The monoisotopic (exact) mass is 353 g/mol. The van der Waals surface area contributed by atoms with E-state index in [1.165, 1.54) is 12.1 Å². The lowest BCUT2D eigenvalue weighted by molar-refractivity contribution is -0.157. The fourth-order valence-corrected chi connectivity index (χ4v) is 1.76. The zero-order valence-corrected chi connectivity index (χ0v) is 15.0. The Kier molecular flexibility index (Phi) is 7.28. The summed E-state index contributed by atoms with van der Waals surface area (Å²) in [7, 11) is 0. The van der Waals surface area contributed by atoms with Crippen LogP contribution in [0.25, 0.3) is 0 Å². The molecule has 0 unspecified atom stereocenters. The molecular weight excluding hydrogens is 330 g/mol. The number of aromatic nitrogens is 2. The number of ether oxygens (including phenoxy) is 3. The first-order valence-electron chi connectivity index (χ1n) is 7.84. The largest absolute Gasteiger partial charge is 0.465 e. The number of amides is 1. The smallest absolute Gasteiger partial charge is 0.413 e. The number of hydrogen-bond donors (Lipinski definition) is 1. The van der Waals surface area contributed by atoms with Crippen LogP contribution in [0.2, 0.25) is 0 Å². The molecule has 1 aromatic heterocycles. The minimum atomic E-state index is -1.33. The highest BCUT2D eigenvalue weighted by Crippen LogP contribution is 2.18. The molecule has 0 radical (unpaired) electrons. The highest BCUT2D eigenvalue weighted by Gasteiger charge is 2.33. The first-order valence-corrected chi connectivity index (χ1v) is 7.84. The molecule has 1 aromatic rings. The van der Waals surface area contributed by atoms with Crippen LogP contribution in [0.15, 0.2) is 12.1 Å². The summed E-state index contributed by atoms with van der Waals surface area (Å²) in [4.78, 5) is 35.7. The maximum atomic E-state index is 12.0. The first kappa shape index (κ1) is 20.3. The Morgan fingerprint density at radius 1 is 1.04 bits per heavy atom. The van der Waals surface area contributed by atoms with E-state index in [0.29, 0.717) is 0 Å². The predicted molar refractivity (Wildman–Crippen MR) is 87.9 cm³/mol. The summed E-state index contributed by atoms with van der Waals surface area (Å²) < 4.78 is 14.9. The van der Waals surface area contributed by atoms with Crippen LogP contribution in [-0.2, 0) is 23.8 Å². The van der Waals surface area contributed by atoms with E-state index in [-0.39, 0.29) is 24.7 Å². The second kappa shape index (κ2) is 8.95. The van der Waals surface area contributed by atoms with Crippen molar-refractivity contribution in [1.29, 1.82) is 0 Å². The second-order valence-corrected chi connectivity index (χ2v) is 5.91. The molecule has 1 N–H and O–H groups in total. The van der Waals surface area contributed by atoms with Crippen molar-refractivity contribution in [2.24, 2.45) is 0 Å². The van der Waals surface area contributed by atoms with Gasteiger partial charge in [0.25, 0.3) is 0 Å². The molecule has 0 atom stereocenters. The van der Waals surface area contributed by atoms with E-state index in [0.717, 1.165) is 0 Å². The van der Waals surface area contributed by atoms with Gasteiger partial charge in [-0.15, -0.1) is 5.10 Å². The average molecular weight is 353 g/mol. The van der Waals surface area contributed by atoms with Crippen molar-refractivity contribution in [3.8, 4) is 0 Å². The quantitative estimate of drug-likeness (QED) is 0.469. The lowest BCUT2D eigenvalue weighted by Crippen LogP contribution is -2.28. The number of rotatable bonds is 6. The standard InChI is InChI=1S/C16H23N3O6/c1-6-23-13(20)12(14(21)24-7-2)10-8-9-11(19-18-10)17-15(22)25-16(3,4)5/h8-9,12H,6-7H2,1-5H3,(H,17,19,22). The molecule has 9 nitrogen and oxygen atoms in total. The molecule has 1 amide bonds. The Labute approximate surface area is 146 Å². The summed E-state index contributed by atoms with van der Waals surface area (Å²) in [6.07, 6.45) is -0.693. The van der Waals surface area contributed by atoms with Gasteiger partial charge < -0.3 is 14.2 Å². The van der Waals surface area contributed by atoms with Crippen molar-refractivity contribution in [3.05, 3.63) is 17.8 Å². The van der Waals surface area contributed by atoms with Gasteiger partial charge in [-0.05, 0) is 46.8 Å². The van der Waals surface area contributed by atoms with Crippen molar-refractivity contribution in [1.82, 2.24) is 10.2 Å². The minimum Gasteiger partial charge on any atom is -0.465 e. The first-order chi connectivity index (χ1) is 11.7. The van der Waals surface area contributed by atoms with E-state index in [4.69, 9.17) is 14.2 Å². The fraction of sp³-hybridized carbons (Fsp3) is 0.562. The van der Waals surface area contributed by atoms with E-state index in [1.54, 1.807) is 34.6 Å². The third kappa shape index (κ3) is 6.74. The van der Waals surface area contributed by atoms with Crippen LogP contribution in [0.3, 0.4) is 0 Å². The van der Waals surface area contributed by atoms with Gasteiger partial charge in [0.15, 0.2) is 11.7 Å². The molecule has 1 rings (SSSR count).